The first-order chi connectivity index (χ1) is 6.54. The van der Waals surface area contributed by atoms with Gasteiger partial charge < -0.3 is 9.72 Å². The van der Waals surface area contributed by atoms with Gasteiger partial charge in [0.15, 0.2) is 5.78 Å². The largest absolute Gasteiger partial charge is 0.464 e. The number of Topliss-reactive ketones (excluding diaryl/α,β-unsaturated/α-hetero) is 1. The van der Waals surface area contributed by atoms with Crippen LogP contribution in [-0.2, 0) is 4.74 Å². The molecule has 0 bridgehead atoms. The first-order valence-electron chi connectivity index (χ1n) is 3.88. The monoisotopic (exact) mass is 195 g/mol. The summed E-state index contributed by atoms with van der Waals surface area (Å²) in [5, 5.41) is 0. The molecule has 1 aromatic rings. The topological polar surface area (TPSA) is 76.2 Å². The van der Waals surface area contributed by atoms with Crippen molar-refractivity contribution in [1.29, 1.82) is 0 Å². The van der Waals surface area contributed by atoms with E-state index >= 15 is 0 Å². The highest BCUT2D eigenvalue weighted by Crippen LogP contribution is 2.01. The van der Waals surface area contributed by atoms with Gasteiger partial charge in [0.1, 0.15) is 5.69 Å². The van der Waals surface area contributed by atoms with Crippen molar-refractivity contribution in [2.75, 3.05) is 7.11 Å². The molecule has 0 aliphatic heterocycles. The summed E-state index contributed by atoms with van der Waals surface area (Å²) in [6.07, 6.45) is 0. The lowest BCUT2D eigenvalue weighted by Gasteiger charge is -2.00. The molecule has 0 aliphatic rings. The Hall–Kier alpha value is -1.91. The minimum absolute atomic E-state index is 0.0230. The SMILES string of the molecule is COC(=O)c1cc(C(C)=O)cc(=O)[nH]1. The predicted molar refractivity (Wildman–Crippen MR) is 48.4 cm³/mol. The molecule has 0 fully saturated rings. The minimum atomic E-state index is -0.676. The highest BCUT2D eigenvalue weighted by molar-refractivity contribution is 5.96. The number of esters is 1. The summed E-state index contributed by atoms with van der Waals surface area (Å²) in [6, 6.07) is 2.42. The van der Waals surface area contributed by atoms with Crippen LogP contribution in [0.5, 0.6) is 0 Å². The lowest BCUT2D eigenvalue weighted by molar-refractivity contribution is 0.0593. The number of aromatic nitrogens is 1. The third-order valence-electron chi connectivity index (χ3n) is 1.66. The molecule has 14 heavy (non-hydrogen) atoms. The fourth-order valence-electron chi connectivity index (χ4n) is 0.966. The number of aromatic amines is 1. The van der Waals surface area contributed by atoms with E-state index in [1.807, 2.05) is 0 Å². The Bertz CT molecular complexity index is 433. The number of H-pyrrole nitrogens is 1. The normalized spacial score (nSPS) is 9.57. The zero-order chi connectivity index (χ0) is 10.7. The van der Waals surface area contributed by atoms with Crippen molar-refractivity contribution in [1.82, 2.24) is 4.98 Å². The number of rotatable bonds is 2. The standard InChI is InChI=1S/C9H9NO4/c1-5(11)6-3-7(9(13)14-2)10-8(12)4-6/h3-4H,1-2H3,(H,10,12). The van der Waals surface area contributed by atoms with Gasteiger partial charge in [-0.25, -0.2) is 4.79 Å². The van der Waals surface area contributed by atoms with Crippen LogP contribution in [0.25, 0.3) is 0 Å². The average Bonchev–Trinajstić information content (AvgIpc) is 2.15. The molecule has 0 aliphatic carbocycles. The second kappa shape index (κ2) is 3.87. The van der Waals surface area contributed by atoms with Crippen molar-refractivity contribution in [3.05, 3.63) is 33.7 Å². The van der Waals surface area contributed by atoms with E-state index in [-0.39, 0.29) is 17.0 Å². The van der Waals surface area contributed by atoms with Gasteiger partial charge in [0.2, 0.25) is 5.56 Å². The fraction of sp³-hybridized carbons (Fsp3) is 0.222. The molecule has 1 heterocycles. The number of hydrogen-bond acceptors (Lipinski definition) is 4. The molecule has 0 atom stereocenters. The Labute approximate surface area is 79.7 Å². The number of carbonyl (C=O) groups excluding carboxylic acids is 2. The Kier molecular flexibility index (Phi) is 2.81. The van der Waals surface area contributed by atoms with Crippen LogP contribution < -0.4 is 5.56 Å². The second-order valence-corrected chi connectivity index (χ2v) is 2.69. The van der Waals surface area contributed by atoms with Crippen LogP contribution in [-0.4, -0.2) is 23.8 Å². The molecule has 0 radical (unpaired) electrons. The van der Waals surface area contributed by atoms with Crippen molar-refractivity contribution < 1.29 is 14.3 Å². The summed E-state index contributed by atoms with van der Waals surface area (Å²) in [6.45, 7) is 1.32. The number of methoxy groups -OCH3 is 1. The van der Waals surface area contributed by atoms with E-state index in [0.29, 0.717) is 0 Å². The third kappa shape index (κ3) is 2.07. The number of hydrogen-bond donors (Lipinski definition) is 1. The number of nitrogens with one attached hydrogen (secondary N) is 1. The van der Waals surface area contributed by atoms with Crippen LogP contribution in [0.1, 0.15) is 27.8 Å². The number of ether oxygens (including phenoxy) is 1. The van der Waals surface area contributed by atoms with E-state index in [2.05, 4.69) is 9.72 Å². The summed E-state index contributed by atoms with van der Waals surface area (Å²) in [5.74, 6) is -0.952. The van der Waals surface area contributed by atoms with Crippen molar-refractivity contribution in [2.45, 2.75) is 6.92 Å². The quantitative estimate of drug-likeness (QED) is 0.546. The van der Waals surface area contributed by atoms with E-state index in [4.69, 9.17) is 0 Å². The van der Waals surface area contributed by atoms with Gasteiger partial charge in [-0.05, 0) is 13.0 Å². The van der Waals surface area contributed by atoms with Gasteiger partial charge in [-0.15, -0.1) is 0 Å². The highest BCUT2D eigenvalue weighted by atomic mass is 16.5. The van der Waals surface area contributed by atoms with Crippen LogP contribution in [0, 0.1) is 0 Å². The van der Waals surface area contributed by atoms with Crippen LogP contribution in [0.3, 0.4) is 0 Å². The highest BCUT2D eigenvalue weighted by Gasteiger charge is 2.09. The molecular formula is C9H9NO4. The maximum atomic E-state index is 11.0. The average molecular weight is 195 g/mol. The van der Waals surface area contributed by atoms with Gasteiger partial charge in [-0.1, -0.05) is 0 Å². The van der Waals surface area contributed by atoms with E-state index < -0.39 is 11.5 Å². The van der Waals surface area contributed by atoms with Crippen LogP contribution in [0.15, 0.2) is 16.9 Å². The zero-order valence-corrected chi connectivity index (χ0v) is 7.79. The van der Waals surface area contributed by atoms with Gasteiger partial charge in [-0.2, -0.15) is 0 Å². The zero-order valence-electron chi connectivity index (χ0n) is 7.79. The van der Waals surface area contributed by atoms with E-state index in [1.165, 1.54) is 20.1 Å². The van der Waals surface area contributed by atoms with Crippen molar-refractivity contribution in [2.24, 2.45) is 0 Å². The molecule has 5 heteroatoms. The van der Waals surface area contributed by atoms with Gasteiger partial charge >= 0.3 is 5.97 Å². The summed E-state index contributed by atoms with van der Waals surface area (Å²) < 4.78 is 4.41. The molecule has 0 amide bonds. The lowest BCUT2D eigenvalue weighted by atomic mass is 10.1. The van der Waals surface area contributed by atoms with Crippen LogP contribution in [0.2, 0.25) is 0 Å². The Morgan fingerprint density at radius 2 is 2.00 bits per heavy atom. The second-order valence-electron chi connectivity index (χ2n) is 2.69. The lowest BCUT2D eigenvalue weighted by Crippen LogP contribution is -2.15. The molecule has 0 spiro atoms. The maximum absolute atomic E-state index is 11.0. The fourth-order valence-corrected chi connectivity index (χ4v) is 0.966. The first-order valence-corrected chi connectivity index (χ1v) is 3.88. The van der Waals surface area contributed by atoms with Crippen molar-refractivity contribution >= 4 is 11.8 Å². The smallest absolute Gasteiger partial charge is 0.354 e. The molecule has 0 saturated carbocycles. The summed E-state index contributed by atoms with van der Waals surface area (Å²) >= 11 is 0. The van der Waals surface area contributed by atoms with E-state index in [0.717, 1.165) is 6.07 Å². The Morgan fingerprint density at radius 3 is 2.50 bits per heavy atom. The van der Waals surface area contributed by atoms with E-state index in [1.54, 1.807) is 0 Å². The molecule has 1 N–H and O–H groups in total. The number of carbonyl (C=O) groups is 2. The van der Waals surface area contributed by atoms with Crippen molar-refractivity contribution in [3.8, 4) is 0 Å². The van der Waals surface area contributed by atoms with Gasteiger partial charge in [-0.3, -0.25) is 9.59 Å². The third-order valence-corrected chi connectivity index (χ3v) is 1.66. The van der Waals surface area contributed by atoms with Gasteiger partial charge in [0.05, 0.1) is 7.11 Å². The number of ketones is 1. The Balaban J connectivity index is 3.27. The summed E-state index contributed by atoms with van der Waals surface area (Å²) in [7, 11) is 1.20. The van der Waals surface area contributed by atoms with Crippen LogP contribution >= 0.6 is 0 Å². The molecule has 0 saturated heterocycles. The first kappa shape index (κ1) is 10.2. The van der Waals surface area contributed by atoms with Gasteiger partial charge in [0, 0.05) is 11.6 Å². The molecular weight excluding hydrogens is 186 g/mol. The number of pyridine rings is 1. The molecule has 0 aromatic carbocycles. The van der Waals surface area contributed by atoms with Crippen molar-refractivity contribution in [3.63, 3.8) is 0 Å². The molecule has 1 aromatic heterocycles. The Morgan fingerprint density at radius 1 is 1.36 bits per heavy atom. The molecule has 5 nitrogen and oxygen atoms in total. The minimum Gasteiger partial charge on any atom is -0.464 e. The summed E-state index contributed by atoms with van der Waals surface area (Å²) in [5.41, 5.74) is -0.336. The van der Waals surface area contributed by atoms with Crippen LogP contribution in [0.4, 0.5) is 0 Å². The van der Waals surface area contributed by atoms with Gasteiger partial charge in [0.25, 0.3) is 0 Å². The predicted octanol–water partition coefficient (Wildman–Crippen LogP) is 0.364. The maximum Gasteiger partial charge on any atom is 0.354 e. The summed E-state index contributed by atoms with van der Waals surface area (Å²) in [4.78, 5) is 35.3. The molecule has 1 rings (SSSR count). The van der Waals surface area contributed by atoms with E-state index in [9.17, 15) is 14.4 Å². The molecule has 0 unspecified atom stereocenters. The molecule has 74 valence electrons.